The Morgan fingerprint density at radius 3 is 2.70 bits per heavy atom. The number of ether oxygens (including phenoxy) is 1. The van der Waals surface area contributed by atoms with Gasteiger partial charge in [0.15, 0.2) is 5.96 Å². The third-order valence-corrected chi connectivity index (χ3v) is 5.48. The molecule has 0 bridgehead atoms. The molecule has 0 saturated carbocycles. The van der Waals surface area contributed by atoms with Crippen LogP contribution in [0.15, 0.2) is 53.5 Å². The zero-order chi connectivity index (χ0) is 21.3. The number of carbonyl (C=O) groups excluding carboxylic acids is 1. The maximum Gasteiger partial charge on any atom is 0.225 e. The molecule has 2 aromatic rings. The molecule has 0 saturated heterocycles. The molecule has 160 valence electrons. The van der Waals surface area contributed by atoms with E-state index in [-0.39, 0.29) is 11.8 Å². The molecule has 0 radical (unpaired) electrons. The van der Waals surface area contributed by atoms with Gasteiger partial charge in [0.1, 0.15) is 5.75 Å². The molecule has 0 fully saturated rings. The molecule has 0 spiro atoms. The summed E-state index contributed by atoms with van der Waals surface area (Å²) >= 11 is 0. The van der Waals surface area contributed by atoms with Crippen molar-refractivity contribution >= 4 is 17.6 Å². The molecule has 1 amide bonds. The van der Waals surface area contributed by atoms with Gasteiger partial charge >= 0.3 is 0 Å². The fourth-order valence-electron chi connectivity index (χ4n) is 3.71. The highest BCUT2D eigenvalue weighted by atomic mass is 16.5. The number of amides is 1. The summed E-state index contributed by atoms with van der Waals surface area (Å²) in [6.07, 6.45) is 1.46. The van der Waals surface area contributed by atoms with Gasteiger partial charge < -0.3 is 20.7 Å². The largest absolute Gasteiger partial charge is 0.497 e. The number of benzene rings is 2. The third-order valence-electron chi connectivity index (χ3n) is 5.48. The van der Waals surface area contributed by atoms with Crippen molar-refractivity contribution in [3.05, 3.63) is 59.7 Å². The summed E-state index contributed by atoms with van der Waals surface area (Å²) in [6, 6.07) is 16.2. The molecule has 3 N–H and O–H groups in total. The van der Waals surface area contributed by atoms with E-state index in [0.29, 0.717) is 18.9 Å². The number of anilines is 1. The Morgan fingerprint density at radius 1 is 1.20 bits per heavy atom. The highest BCUT2D eigenvalue weighted by Crippen LogP contribution is 2.32. The van der Waals surface area contributed by atoms with Crippen LogP contribution < -0.4 is 20.7 Å². The van der Waals surface area contributed by atoms with Crippen molar-refractivity contribution in [1.29, 1.82) is 0 Å². The first-order chi connectivity index (χ1) is 14.6. The van der Waals surface area contributed by atoms with Gasteiger partial charge in [-0.2, -0.15) is 0 Å². The van der Waals surface area contributed by atoms with Crippen molar-refractivity contribution < 1.29 is 9.53 Å². The second-order valence-corrected chi connectivity index (χ2v) is 7.65. The number of hydrogen-bond donors (Lipinski definition) is 3. The number of rotatable bonds is 8. The molecule has 0 aliphatic carbocycles. The Labute approximate surface area is 179 Å². The monoisotopic (exact) mass is 408 g/mol. The van der Waals surface area contributed by atoms with Crippen molar-refractivity contribution in [1.82, 2.24) is 10.6 Å². The van der Waals surface area contributed by atoms with Crippen LogP contribution in [0.4, 0.5) is 5.69 Å². The summed E-state index contributed by atoms with van der Waals surface area (Å²) in [4.78, 5) is 16.8. The van der Waals surface area contributed by atoms with E-state index in [2.05, 4.69) is 48.0 Å². The summed E-state index contributed by atoms with van der Waals surface area (Å²) in [7, 11) is 1.68. The second kappa shape index (κ2) is 10.7. The maximum absolute atomic E-state index is 12.0. The molecular weight excluding hydrogens is 376 g/mol. The topological polar surface area (TPSA) is 74.8 Å². The zero-order valence-corrected chi connectivity index (χ0v) is 18.1. The normalized spacial score (nSPS) is 17.0. The number of hydrogen-bond acceptors (Lipinski definition) is 3. The van der Waals surface area contributed by atoms with Gasteiger partial charge in [-0.15, -0.1) is 0 Å². The van der Waals surface area contributed by atoms with Crippen LogP contribution in [0.25, 0.3) is 0 Å². The van der Waals surface area contributed by atoms with Gasteiger partial charge in [-0.05, 0) is 48.6 Å². The van der Waals surface area contributed by atoms with Gasteiger partial charge in [0, 0.05) is 31.1 Å². The fraction of sp³-hybridized carbons (Fsp3) is 0.417. The summed E-state index contributed by atoms with van der Waals surface area (Å²) in [5.41, 5.74) is 3.36. The van der Waals surface area contributed by atoms with E-state index in [0.717, 1.165) is 42.5 Å². The van der Waals surface area contributed by atoms with E-state index in [9.17, 15) is 4.79 Å². The van der Waals surface area contributed by atoms with Crippen LogP contribution in [0.2, 0.25) is 0 Å². The lowest BCUT2D eigenvalue weighted by Gasteiger charge is -2.24. The van der Waals surface area contributed by atoms with Gasteiger partial charge in [-0.3, -0.25) is 9.79 Å². The lowest BCUT2D eigenvalue weighted by Crippen LogP contribution is -2.38. The third kappa shape index (κ3) is 5.75. The number of aliphatic imine (C=N–C) groups is 1. The predicted octanol–water partition coefficient (Wildman–Crippen LogP) is 3.87. The number of nitrogens with one attached hydrogen (secondary N) is 3. The second-order valence-electron chi connectivity index (χ2n) is 7.65. The smallest absolute Gasteiger partial charge is 0.225 e. The Balaban J connectivity index is 1.56. The minimum Gasteiger partial charge on any atom is -0.497 e. The van der Waals surface area contributed by atoms with Crippen LogP contribution in [-0.4, -0.2) is 38.6 Å². The number of para-hydroxylation sites is 1. The molecule has 6 heteroatoms. The van der Waals surface area contributed by atoms with Crippen molar-refractivity contribution in [2.45, 2.75) is 38.5 Å². The number of fused-ring (bicyclic) bond motifs is 1. The Hall–Kier alpha value is -3.02. The van der Waals surface area contributed by atoms with E-state index in [4.69, 9.17) is 9.73 Å². The first-order valence-electron chi connectivity index (χ1n) is 10.7. The van der Waals surface area contributed by atoms with Crippen LogP contribution in [-0.2, 0) is 4.79 Å². The fourth-order valence-corrected chi connectivity index (χ4v) is 3.71. The lowest BCUT2D eigenvalue weighted by atomic mass is 9.91. The quantitative estimate of drug-likeness (QED) is 0.458. The molecule has 6 nitrogen and oxygen atoms in total. The molecule has 30 heavy (non-hydrogen) atoms. The highest BCUT2D eigenvalue weighted by molar-refractivity contribution is 5.94. The first-order valence-corrected chi connectivity index (χ1v) is 10.7. The molecule has 2 aromatic carbocycles. The minimum absolute atomic E-state index is 0.0557. The average molecular weight is 409 g/mol. The maximum atomic E-state index is 12.0. The number of guanidine groups is 1. The van der Waals surface area contributed by atoms with Gasteiger partial charge in [-0.1, -0.05) is 37.3 Å². The molecule has 0 aromatic heterocycles. The van der Waals surface area contributed by atoms with Crippen molar-refractivity contribution in [3.63, 3.8) is 0 Å². The zero-order valence-electron chi connectivity index (χ0n) is 18.1. The van der Waals surface area contributed by atoms with Crippen molar-refractivity contribution in [2.75, 3.05) is 32.1 Å². The standard InChI is InChI=1S/C24H32N4O2/c1-4-25-24(26-14-13-17(2)18-9-11-20(30-3)12-10-18)27-16-19-15-23(29)28-22-8-6-5-7-21(19)22/h5-12,17,19H,4,13-16H2,1-3H3,(H,28,29)(H2,25,26,27). The van der Waals surface area contributed by atoms with E-state index >= 15 is 0 Å². The molecule has 2 atom stereocenters. The molecular formula is C24H32N4O2. The average Bonchev–Trinajstić information content (AvgIpc) is 2.77. The Bertz CT molecular complexity index is 864. The van der Waals surface area contributed by atoms with Gasteiger partial charge in [0.25, 0.3) is 0 Å². The van der Waals surface area contributed by atoms with E-state index in [1.54, 1.807) is 7.11 Å². The lowest BCUT2D eigenvalue weighted by molar-refractivity contribution is -0.116. The Morgan fingerprint density at radius 2 is 1.97 bits per heavy atom. The highest BCUT2D eigenvalue weighted by Gasteiger charge is 2.24. The summed E-state index contributed by atoms with van der Waals surface area (Å²) < 4.78 is 5.23. The molecule has 1 aliphatic heterocycles. The summed E-state index contributed by atoms with van der Waals surface area (Å²) in [6.45, 7) is 6.47. The van der Waals surface area contributed by atoms with E-state index < -0.39 is 0 Å². The van der Waals surface area contributed by atoms with Crippen LogP contribution in [0, 0.1) is 0 Å². The number of nitrogens with zero attached hydrogens (tertiary/aromatic N) is 1. The first kappa shape index (κ1) is 21.7. The van der Waals surface area contributed by atoms with Crippen LogP contribution >= 0.6 is 0 Å². The summed E-state index contributed by atoms with van der Waals surface area (Å²) in [5, 5.41) is 9.69. The van der Waals surface area contributed by atoms with Gasteiger partial charge in [0.2, 0.25) is 5.91 Å². The number of carbonyl (C=O) groups is 1. The molecule has 2 unspecified atom stereocenters. The predicted molar refractivity (Wildman–Crippen MR) is 122 cm³/mol. The van der Waals surface area contributed by atoms with Crippen LogP contribution in [0.3, 0.4) is 0 Å². The van der Waals surface area contributed by atoms with E-state index in [1.165, 1.54) is 5.56 Å². The van der Waals surface area contributed by atoms with Crippen LogP contribution in [0.1, 0.15) is 49.7 Å². The van der Waals surface area contributed by atoms with Gasteiger partial charge in [0.05, 0.1) is 13.7 Å². The number of methoxy groups -OCH3 is 1. The molecule has 1 heterocycles. The Kier molecular flexibility index (Phi) is 7.71. The van der Waals surface area contributed by atoms with Crippen molar-refractivity contribution in [2.24, 2.45) is 4.99 Å². The SMILES string of the molecule is CCNC(=NCC1CC(=O)Nc2ccccc21)NCCC(C)c1ccc(OC)cc1. The van der Waals surface area contributed by atoms with E-state index in [1.807, 2.05) is 30.3 Å². The van der Waals surface area contributed by atoms with Gasteiger partial charge in [-0.25, -0.2) is 0 Å². The van der Waals surface area contributed by atoms with Crippen LogP contribution in [0.5, 0.6) is 5.75 Å². The molecule has 3 rings (SSSR count). The summed E-state index contributed by atoms with van der Waals surface area (Å²) in [5.74, 6) is 2.26. The minimum atomic E-state index is 0.0557. The molecule has 1 aliphatic rings. The van der Waals surface area contributed by atoms with Crippen molar-refractivity contribution in [3.8, 4) is 5.75 Å².